The highest BCUT2D eigenvalue weighted by Crippen LogP contribution is 2.31. The van der Waals surface area contributed by atoms with Crippen LogP contribution in [0.2, 0.25) is 0 Å². The molecule has 0 radical (unpaired) electrons. The van der Waals surface area contributed by atoms with Gasteiger partial charge in [-0.25, -0.2) is 19.9 Å². The van der Waals surface area contributed by atoms with Crippen LogP contribution in [0.5, 0.6) is 6.01 Å². The number of rotatable bonds is 6. The van der Waals surface area contributed by atoms with Crippen molar-refractivity contribution >= 4 is 11.5 Å². The zero-order valence-corrected chi connectivity index (χ0v) is 17.4. The van der Waals surface area contributed by atoms with Gasteiger partial charge in [0.1, 0.15) is 18.2 Å². The van der Waals surface area contributed by atoms with Crippen molar-refractivity contribution in [3.8, 4) is 12.1 Å². The van der Waals surface area contributed by atoms with Gasteiger partial charge in [0.15, 0.2) is 0 Å². The Labute approximate surface area is 187 Å². The first-order valence-corrected chi connectivity index (χ1v) is 9.94. The molecule has 3 heterocycles. The number of nitrogens with one attached hydrogen (secondary N) is 1. The minimum Gasteiger partial charge on any atom is -0.467 e. The molecule has 9 heteroatoms. The lowest BCUT2D eigenvalue weighted by Crippen LogP contribution is -2.33. The second kappa shape index (κ2) is 10.0. The Hall–Kier alpha value is -3.77. The molecule has 2 N–H and O–H groups in total. The first-order chi connectivity index (χ1) is 15.1. The van der Waals surface area contributed by atoms with Gasteiger partial charge < -0.3 is 20.1 Å². The van der Waals surface area contributed by atoms with Crippen LogP contribution in [0.15, 0.2) is 36.9 Å². The van der Waals surface area contributed by atoms with Crippen LogP contribution in [0.4, 0.5) is 11.5 Å². The van der Waals surface area contributed by atoms with Crippen molar-refractivity contribution in [1.82, 2.24) is 19.9 Å². The van der Waals surface area contributed by atoms with Gasteiger partial charge in [0, 0.05) is 43.0 Å². The molecule has 32 heavy (non-hydrogen) atoms. The van der Waals surface area contributed by atoms with E-state index in [1.807, 2.05) is 25.1 Å². The average molecular weight is 434 g/mol. The molecule has 0 spiro atoms. The molecule has 0 amide bonds. The number of fused-ring (bicyclic) bond motifs is 1. The Bertz CT molecular complexity index is 1110. The molecule has 0 saturated carbocycles. The fourth-order valence-corrected chi connectivity index (χ4v) is 3.70. The third-order valence-electron chi connectivity index (χ3n) is 5.34. The van der Waals surface area contributed by atoms with E-state index in [0.717, 1.165) is 35.5 Å². The standard InChI is InChI=1S/C22H23N7O2.CH4/c1-14-3-4-20(15(7-14)8-23)29-6-5-18-17(11-29)21(27-13-26-18)28-19(12-30)16-9-24-22(31-2)25-10-16;/h3-4,7,9-10,13,19,30H,5-6,11-12H2,1-2H3,(H,26,27,28);1H4/t19-;/m1./s1. The number of aliphatic hydroxyl groups is 1. The minimum absolute atomic E-state index is 0. The lowest BCUT2D eigenvalue weighted by atomic mass is 10.0. The van der Waals surface area contributed by atoms with Crippen molar-refractivity contribution in [2.75, 3.05) is 30.5 Å². The Balaban J connectivity index is 0.00000289. The molecule has 0 unspecified atom stereocenters. The molecular formula is C23H27N7O2. The lowest BCUT2D eigenvalue weighted by Gasteiger charge is -2.32. The quantitative estimate of drug-likeness (QED) is 0.604. The normalized spacial score (nSPS) is 13.4. The molecule has 4 rings (SSSR count). The highest BCUT2D eigenvalue weighted by molar-refractivity contribution is 5.63. The van der Waals surface area contributed by atoms with Crippen molar-refractivity contribution in [2.24, 2.45) is 0 Å². The average Bonchev–Trinajstić information content (AvgIpc) is 2.82. The van der Waals surface area contributed by atoms with Gasteiger partial charge in [-0.05, 0) is 24.6 Å². The molecule has 0 bridgehead atoms. The van der Waals surface area contributed by atoms with Crippen LogP contribution in [-0.2, 0) is 13.0 Å². The smallest absolute Gasteiger partial charge is 0.316 e. The van der Waals surface area contributed by atoms with E-state index in [1.54, 1.807) is 12.4 Å². The molecule has 1 aliphatic heterocycles. The molecule has 9 nitrogen and oxygen atoms in total. The largest absolute Gasteiger partial charge is 0.467 e. The van der Waals surface area contributed by atoms with Gasteiger partial charge in [0.25, 0.3) is 0 Å². The first kappa shape index (κ1) is 22.9. The summed E-state index contributed by atoms with van der Waals surface area (Å²) >= 11 is 0. The van der Waals surface area contributed by atoms with Crippen LogP contribution in [0.1, 0.15) is 41.4 Å². The lowest BCUT2D eigenvalue weighted by molar-refractivity contribution is 0.275. The minimum atomic E-state index is -0.436. The molecule has 0 saturated heterocycles. The molecule has 0 fully saturated rings. The van der Waals surface area contributed by atoms with Gasteiger partial charge >= 0.3 is 6.01 Å². The van der Waals surface area contributed by atoms with Crippen molar-refractivity contribution in [3.63, 3.8) is 0 Å². The second-order valence-corrected chi connectivity index (χ2v) is 7.33. The molecule has 2 aromatic heterocycles. The SMILES string of the molecule is C.COc1ncc([C@@H](CO)Nc2ncnc3c2CN(c2ccc(C)cc2C#N)CC3)cn1. The summed E-state index contributed by atoms with van der Waals surface area (Å²) < 4.78 is 5.00. The summed E-state index contributed by atoms with van der Waals surface area (Å²) in [5.41, 5.74) is 5.23. The molecule has 1 aromatic carbocycles. The topological polar surface area (TPSA) is 120 Å². The summed E-state index contributed by atoms with van der Waals surface area (Å²) in [5, 5.41) is 22.8. The molecule has 3 aromatic rings. The molecular weight excluding hydrogens is 406 g/mol. The maximum absolute atomic E-state index is 9.96. The number of anilines is 2. The van der Waals surface area contributed by atoms with Crippen LogP contribution in [0.25, 0.3) is 0 Å². The third kappa shape index (κ3) is 4.60. The van der Waals surface area contributed by atoms with Crippen LogP contribution in [0.3, 0.4) is 0 Å². The number of aryl methyl sites for hydroxylation is 1. The van der Waals surface area contributed by atoms with E-state index in [0.29, 0.717) is 23.5 Å². The number of nitriles is 1. The summed E-state index contributed by atoms with van der Waals surface area (Å²) in [6, 6.07) is 8.03. The summed E-state index contributed by atoms with van der Waals surface area (Å²) in [4.78, 5) is 19.3. The zero-order chi connectivity index (χ0) is 21.8. The van der Waals surface area contributed by atoms with Crippen LogP contribution < -0.4 is 15.0 Å². The van der Waals surface area contributed by atoms with Gasteiger partial charge in [-0.2, -0.15) is 5.26 Å². The first-order valence-electron chi connectivity index (χ1n) is 9.94. The van der Waals surface area contributed by atoms with Crippen LogP contribution >= 0.6 is 0 Å². The van der Waals surface area contributed by atoms with Crippen molar-refractivity contribution in [3.05, 3.63) is 64.9 Å². The number of benzene rings is 1. The third-order valence-corrected chi connectivity index (χ3v) is 5.34. The summed E-state index contributed by atoms with van der Waals surface area (Å²) in [6.45, 7) is 3.14. The fourth-order valence-electron chi connectivity index (χ4n) is 3.70. The highest BCUT2D eigenvalue weighted by atomic mass is 16.5. The number of ether oxygens (including phenoxy) is 1. The van der Waals surface area contributed by atoms with Crippen LogP contribution in [0, 0.1) is 18.3 Å². The Morgan fingerprint density at radius 2 is 2.03 bits per heavy atom. The van der Waals surface area contributed by atoms with Crippen LogP contribution in [-0.4, -0.2) is 45.3 Å². The van der Waals surface area contributed by atoms with E-state index in [4.69, 9.17) is 4.74 Å². The maximum atomic E-state index is 9.96. The van der Waals surface area contributed by atoms with Crippen molar-refractivity contribution in [1.29, 1.82) is 5.26 Å². The van der Waals surface area contributed by atoms with Gasteiger partial charge in [-0.15, -0.1) is 0 Å². The van der Waals surface area contributed by atoms with E-state index in [2.05, 4.69) is 36.2 Å². The molecule has 166 valence electrons. The van der Waals surface area contributed by atoms with E-state index in [-0.39, 0.29) is 20.0 Å². The van der Waals surface area contributed by atoms with Gasteiger partial charge in [0.2, 0.25) is 0 Å². The second-order valence-electron chi connectivity index (χ2n) is 7.33. The van der Waals surface area contributed by atoms with E-state index >= 15 is 0 Å². The Morgan fingerprint density at radius 1 is 1.25 bits per heavy atom. The number of nitrogens with zero attached hydrogens (tertiary/aromatic N) is 6. The summed E-state index contributed by atoms with van der Waals surface area (Å²) in [6.07, 6.45) is 5.50. The van der Waals surface area contributed by atoms with Crippen molar-refractivity contribution < 1.29 is 9.84 Å². The van der Waals surface area contributed by atoms with E-state index < -0.39 is 6.04 Å². The molecule has 0 aliphatic carbocycles. The highest BCUT2D eigenvalue weighted by Gasteiger charge is 2.24. The van der Waals surface area contributed by atoms with Crippen molar-refractivity contribution in [2.45, 2.75) is 33.4 Å². The predicted molar refractivity (Wildman–Crippen MR) is 121 cm³/mol. The van der Waals surface area contributed by atoms with E-state index in [1.165, 1.54) is 13.4 Å². The summed E-state index contributed by atoms with van der Waals surface area (Å²) in [7, 11) is 1.50. The van der Waals surface area contributed by atoms with Gasteiger partial charge in [0.05, 0.1) is 36.7 Å². The zero-order valence-electron chi connectivity index (χ0n) is 17.4. The molecule has 1 atom stereocenters. The maximum Gasteiger partial charge on any atom is 0.316 e. The van der Waals surface area contributed by atoms with Gasteiger partial charge in [-0.1, -0.05) is 13.5 Å². The van der Waals surface area contributed by atoms with Gasteiger partial charge in [-0.3, -0.25) is 0 Å². The van der Waals surface area contributed by atoms with E-state index in [9.17, 15) is 10.4 Å². The Morgan fingerprint density at radius 3 is 2.72 bits per heavy atom. The number of hydrogen-bond donors (Lipinski definition) is 2. The fraction of sp³-hybridized carbons (Fsp3) is 0.348. The number of hydrogen-bond acceptors (Lipinski definition) is 9. The predicted octanol–water partition coefficient (Wildman–Crippen LogP) is 2.80. The molecule has 1 aliphatic rings. The number of aromatic nitrogens is 4. The number of aliphatic hydroxyl groups excluding tert-OH is 1. The Kier molecular flexibility index (Phi) is 7.18. The number of methoxy groups -OCH3 is 1. The monoisotopic (exact) mass is 433 g/mol. The summed E-state index contributed by atoms with van der Waals surface area (Å²) in [5.74, 6) is 0.648.